The van der Waals surface area contributed by atoms with Crippen LogP contribution in [0.25, 0.3) is 0 Å². The van der Waals surface area contributed by atoms with E-state index in [1.165, 1.54) is 16.7 Å². The van der Waals surface area contributed by atoms with Gasteiger partial charge in [0.1, 0.15) is 22.9 Å². The number of hydrogen-bond acceptors (Lipinski definition) is 6. The van der Waals surface area contributed by atoms with Crippen molar-refractivity contribution in [1.29, 1.82) is 0 Å². The fourth-order valence-corrected chi connectivity index (χ4v) is 4.48. The van der Waals surface area contributed by atoms with Crippen molar-refractivity contribution in [1.82, 2.24) is 14.7 Å². The van der Waals surface area contributed by atoms with Gasteiger partial charge in [0.15, 0.2) is 0 Å². The lowest BCUT2D eigenvalue weighted by atomic mass is 10.0. The van der Waals surface area contributed by atoms with E-state index in [9.17, 15) is 14.7 Å². The Hall–Kier alpha value is -2.19. The number of nitrogens with zero attached hydrogens (tertiary/aromatic N) is 3. The highest BCUT2D eigenvalue weighted by atomic mass is 32.2. The standard InChI is InChI=1S/C15H16N4O3S/c16-11-13(20)19-12(15(21)22)9(8-23-14(11)19)7-18-6-5-17-4-2-1-3-10(17)18/h1-3,5-6,11,14H,4,7-8,16H2,(H,21,22)/t11-,14+/m1/s1. The Labute approximate surface area is 137 Å². The molecule has 4 aliphatic heterocycles. The number of carbonyl (C=O) groups is 2. The van der Waals surface area contributed by atoms with E-state index in [2.05, 4.69) is 11.0 Å². The molecule has 0 bridgehead atoms. The molecule has 23 heavy (non-hydrogen) atoms. The molecule has 0 radical (unpaired) electrons. The Balaban J connectivity index is 1.63. The zero-order valence-corrected chi connectivity index (χ0v) is 13.1. The minimum atomic E-state index is -1.07. The molecule has 2 atom stereocenters. The van der Waals surface area contributed by atoms with E-state index in [4.69, 9.17) is 5.73 Å². The lowest BCUT2D eigenvalue weighted by molar-refractivity contribution is -0.148. The predicted molar refractivity (Wildman–Crippen MR) is 85.5 cm³/mol. The van der Waals surface area contributed by atoms with E-state index in [0.717, 1.165) is 17.9 Å². The van der Waals surface area contributed by atoms with Crippen molar-refractivity contribution < 1.29 is 14.7 Å². The first kappa shape index (κ1) is 14.4. The molecule has 4 heterocycles. The number of β-lactam (4-membered cyclic amide) rings is 1. The monoisotopic (exact) mass is 332 g/mol. The first-order valence-electron chi connectivity index (χ1n) is 7.32. The Morgan fingerprint density at radius 3 is 3.04 bits per heavy atom. The van der Waals surface area contributed by atoms with Crippen molar-refractivity contribution >= 4 is 23.6 Å². The minimum absolute atomic E-state index is 0.0965. The van der Waals surface area contributed by atoms with Gasteiger partial charge in [-0.2, -0.15) is 0 Å². The molecule has 0 aliphatic carbocycles. The SMILES string of the molecule is N[C@@H]1C(=O)N2C(C(=O)O)=C(CN3C=CN4CC=CC=C43)CS[C@@H]12. The third-order valence-electron chi connectivity index (χ3n) is 4.35. The highest BCUT2D eigenvalue weighted by molar-refractivity contribution is 8.00. The molecule has 0 aromatic rings. The molecule has 8 heteroatoms. The summed E-state index contributed by atoms with van der Waals surface area (Å²) < 4.78 is 0. The third-order valence-corrected chi connectivity index (χ3v) is 5.71. The number of carboxylic acid groups (broad SMARTS) is 1. The van der Waals surface area contributed by atoms with Crippen LogP contribution in [-0.2, 0) is 9.59 Å². The molecule has 0 saturated carbocycles. The zero-order chi connectivity index (χ0) is 16.1. The number of carbonyl (C=O) groups excluding carboxylic acids is 1. The molecular weight excluding hydrogens is 316 g/mol. The van der Waals surface area contributed by atoms with Gasteiger partial charge in [0.25, 0.3) is 0 Å². The Morgan fingerprint density at radius 2 is 2.26 bits per heavy atom. The Bertz CT molecular complexity index is 712. The van der Waals surface area contributed by atoms with Crippen molar-refractivity contribution in [2.24, 2.45) is 5.73 Å². The van der Waals surface area contributed by atoms with Gasteiger partial charge >= 0.3 is 5.97 Å². The van der Waals surface area contributed by atoms with Crippen molar-refractivity contribution in [2.45, 2.75) is 11.4 Å². The van der Waals surface area contributed by atoms with Gasteiger partial charge in [0.05, 0.1) is 0 Å². The van der Waals surface area contributed by atoms with Crippen molar-refractivity contribution in [3.63, 3.8) is 0 Å². The van der Waals surface area contributed by atoms with Crippen LogP contribution in [0.3, 0.4) is 0 Å². The summed E-state index contributed by atoms with van der Waals surface area (Å²) in [6.45, 7) is 1.26. The van der Waals surface area contributed by atoms with Gasteiger partial charge in [-0.15, -0.1) is 11.8 Å². The van der Waals surface area contributed by atoms with Gasteiger partial charge < -0.3 is 20.6 Å². The molecular formula is C15H16N4O3S. The normalized spacial score (nSPS) is 28.7. The average molecular weight is 332 g/mol. The van der Waals surface area contributed by atoms with E-state index in [1.807, 2.05) is 29.5 Å². The van der Waals surface area contributed by atoms with E-state index in [0.29, 0.717) is 12.3 Å². The molecule has 0 unspecified atom stereocenters. The van der Waals surface area contributed by atoms with Crippen LogP contribution in [0, 0.1) is 0 Å². The highest BCUT2D eigenvalue weighted by Gasteiger charge is 2.51. The Morgan fingerprint density at radius 1 is 1.43 bits per heavy atom. The predicted octanol–water partition coefficient (Wildman–Crippen LogP) is 0.0675. The molecule has 4 aliphatic rings. The summed E-state index contributed by atoms with van der Waals surface area (Å²) in [4.78, 5) is 29.1. The molecule has 0 aromatic heterocycles. The quantitative estimate of drug-likeness (QED) is 0.707. The minimum Gasteiger partial charge on any atom is -0.477 e. The molecule has 3 N–H and O–H groups in total. The summed E-state index contributed by atoms with van der Waals surface area (Å²) in [6, 6.07) is -0.593. The maximum atomic E-state index is 12.0. The number of thioether (sulfide) groups is 1. The van der Waals surface area contributed by atoms with Gasteiger partial charge in [0.2, 0.25) is 5.91 Å². The highest BCUT2D eigenvalue weighted by Crippen LogP contribution is 2.40. The van der Waals surface area contributed by atoms with Crippen molar-refractivity contribution in [2.75, 3.05) is 18.8 Å². The number of hydrogen-bond donors (Lipinski definition) is 2. The van der Waals surface area contributed by atoms with Gasteiger partial charge in [-0.25, -0.2) is 4.79 Å². The van der Waals surface area contributed by atoms with Crippen LogP contribution < -0.4 is 5.73 Å². The van der Waals surface area contributed by atoms with E-state index in [1.54, 1.807) is 0 Å². The van der Waals surface area contributed by atoms with Crippen molar-refractivity contribution in [3.05, 3.63) is 47.7 Å². The zero-order valence-electron chi connectivity index (χ0n) is 12.3. The average Bonchev–Trinajstić information content (AvgIpc) is 2.96. The van der Waals surface area contributed by atoms with Crippen LogP contribution in [0.15, 0.2) is 47.7 Å². The molecule has 0 aromatic carbocycles. The Kier molecular flexibility index (Phi) is 3.24. The third kappa shape index (κ3) is 2.09. The lowest BCUT2D eigenvalue weighted by Crippen LogP contribution is -2.68. The number of amides is 1. The van der Waals surface area contributed by atoms with Gasteiger partial charge in [-0.3, -0.25) is 9.69 Å². The van der Waals surface area contributed by atoms with Crippen LogP contribution in [0.2, 0.25) is 0 Å². The first-order valence-corrected chi connectivity index (χ1v) is 8.37. The number of aliphatic carboxylic acids is 1. The van der Waals surface area contributed by atoms with Crippen LogP contribution in [0.5, 0.6) is 0 Å². The number of fused-ring (bicyclic) bond motifs is 2. The molecule has 120 valence electrons. The topological polar surface area (TPSA) is 90.1 Å². The first-order chi connectivity index (χ1) is 11.1. The summed E-state index contributed by atoms with van der Waals surface area (Å²) in [6.07, 6.45) is 9.95. The second-order valence-corrected chi connectivity index (χ2v) is 6.83. The summed E-state index contributed by atoms with van der Waals surface area (Å²) in [5.74, 6) is 0.208. The summed E-state index contributed by atoms with van der Waals surface area (Å²) in [7, 11) is 0. The van der Waals surface area contributed by atoms with Crippen LogP contribution >= 0.6 is 11.8 Å². The van der Waals surface area contributed by atoms with Crippen LogP contribution in [0.1, 0.15) is 0 Å². The summed E-state index contributed by atoms with van der Waals surface area (Å²) in [5, 5.41) is 9.32. The van der Waals surface area contributed by atoms with E-state index < -0.39 is 12.0 Å². The van der Waals surface area contributed by atoms with Gasteiger partial charge in [0, 0.05) is 31.2 Å². The number of carboxylic acids is 1. The number of rotatable bonds is 3. The molecule has 4 rings (SSSR count). The second kappa shape index (κ2) is 5.17. The molecule has 1 amide bonds. The maximum absolute atomic E-state index is 12.0. The van der Waals surface area contributed by atoms with E-state index >= 15 is 0 Å². The maximum Gasteiger partial charge on any atom is 0.352 e. The van der Waals surface area contributed by atoms with Crippen LogP contribution in [0.4, 0.5) is 0 Å². The summed E-state index contributed by atoms with van der Waals surface area (Å²) >= 11 is 1.53. The largest absolute Gasteiger partial charge is 0.477 e. The van der Waals surface area contributed by atoms with Gasteiger partial charge in [-0.1, -0.05) is 12.2 Å². The summed E-state index contributed by atoms with van der Waals surface area (Å²) in [5.41, 5.74) is 6.60. The molecule has 7 nitrogen and oxygen atoms in total. The lowest BCUT2D eigenvalue weighted by Gasteiger charge is -2.48. The van der Waals surface area contributed by atoms with E-state index in [-0.39, 0.29) is 17.0 Å². The second-order valence-electron chi connectivity index (χ2n) is 5.72. The van der Waals surface area contributed by atoms with Crippen LogP contribution in [-0.4, -0.2) is 61.9 Å². The molecule has 1 saturated heterocycles. The van der Waals surface area contributed by atoms with Crippen molar-refractivity contribution in [3.8, 4) is 0 Å². The number of allylic oxidation sites excluding steroid dienone is 2. The molecule has 1 fully saturated rings. The van der Waals surface area contributed by atoms with Gasteiger partial charge in [-0.05, 0) is 11.6 Å². The number of nitrogens with two attached hydrogens (primary N) is 1. The fourth-order valence-electron chi connectivity index (χ4n) is 3.19. The molecule has 0 spiro atoms. The smallest absolute Gasteiger partial charge is 0.352 e. The fraction of sp³-hybridized carbons (Fsp3) is 0.333.